The topological polar surface area (TPSA) is 34.1 Å². The minimum atomic E-state index is 0.0769. The first-order valence-corrected chi connectivity index (χ1v) is 7.31. The molecule has 0 aliphatic rings. The summed E-state index contributed by atoms with van der Waals surface area (Å²) in [4.78, 5) is 22.7. The Morgan fingerprint density at radius 3 is 2.19 bits per heavy atom. The molecule has 0 saturated carbocycles. The third-order valence-corrected chi connectivity index (χ3v) is 3.53. The van der Waals surface area contributed by atoms with Gasteiger partial charge < -0.3 is 4.79 Å². The molecule has 0 radical (unpaired) electrons. The number of hydrogen-bond acceptors (Lipinski definition) is 2. The van der Waals surface area contributed by atoms with E-state index in [0.29, 0.717) is 19.3 Å². The largest absolute Gasteiger partial charge is 0.300 e. The van der Waals surface area contributed by atoms with E-state index in [2.05, 4.69) is 24.3 Å². The molecule has 0 aromatic heterocycles. The Balaban J connectivity index is 2.04. The SMILES string of the molecule is CC(=O)CCC(=O)CCc1ccccc1-c1ccccc1. The molecule has 2 nitrogen and oxygen atoms in total. The molecule has 2 rings (SSSR count). The van der Waals surface area contributed by atoms with E-state index in [1.165, 1.54) is 23.6 Å². The van der Waals surface area contributed by atoms with Crippen molar-refractivity contribution in [3.63, 3.8) is 0 Å². The van der Waals surface area contributed by atoms with Crippen LogP contribution in [0.15, 0.2) is 54.6 Å². The van der Waals surface area contributed by atoms with Crippen LogP contribution < -0.4 is 0 Å². The first kappa shape index (κ1) is 15.2. The van der Waals surface area contributed by atoms with E-state index in [1.807, 2.05) is 30.3 Å². The molecule has 0 unspecified atom stereocenters. The van der Waals surface area contributed by atoms with Gasteiger partial charge in [0, 0.05) is 19.3 Å². The zero-order valence-corrected chi connectivity index (χ0v) is 12.3. The van der Waals surface area contributed by atoms with E-state index in [-0.39, 0.29) is 11.6 Å². The van der Waals surface area contributed by atoms with Crippen LogP contribution >= 0.6 is 0 Å². The Kier molecular flexibility index (Phi) is 5.44. The van der Waals surface area contributed by atoms with Gasteiger partial charge in [-0.3, -0.25) is 4.79 Å². The summed E-state index contributed by atoms with van der Waals surface area (Å²) in [7, 11) is 0. The highest BCUT2D eigenvalue weighted by Gasteiger charge is 2.08. The van der Waals surface area contributed by atoms with Crippen molar-refractivity contribution in [3.8, 4) is 11.1 Å². The van der Waals surface area contributed by atoms with E-state index in [9.17, 15) is 9.59 Å². The lowest BCUT2D eigenvalue weighted by Gasteiger charge is -2.09. The Bertz CT molecular complexity index is 614. The summed E-state index contributed by atoms with van der Waals surface area (Å²) in [5.41, 5.74) is 3.53. The summed E-state index contributed by atoms with van der Waals surface area (Å²) in [5.74, 6) is 0.237. The second kappa shape index (κ2) is 7.53. The molecule has 0 amide bonds. The van der Waals surface area contributed by atoms with Crippen LogP contribution in [-0.2, 0) is 16.0 Å². The molecule has 0 aliphatic heterocycles. The number of rotatable bonds is 7. The lowest BCUT2D eigenvalue weighted by atomic mass is 9.95. The first-order valence-electron chi connectivity index (χ1n) is 7.31. The average molecular weight is 280 g/mol. The van der Waals surface area contributed by atoms with Gasteiger partial charge in [-0.25, -0.2) is 0 Å². The lowest BCUT2D eigenvalue weighted by Crippen LogP contribution is -2.03. The number of hydrogen-bond donors (Lipinski definition) is 0. The molecule has 108 valence electrons. The third kappa shape index (κ3) is 4.67. The highest BCUT2D eigenvalue weighted by atomic mass is 16.1. The van der Waals surface area contributed by atoms with Crippen molar-refractivity contribution in [3.05, 3.63) is 60.2 Å². The van der Waals surface area contributed by atoms with Gasteiger partial charge >= 0.3 is 0 Å². The molecule has 0 saturated heterocycles. The summed E-state index contributed by atoms with van der Waals surface area (Å²) in [6.07, 6.45) is 1.95. The number of carbonyl (C=O) groups is 2. The molecular weight excluding hydrogens is 260 g/mol. The molecule has 0 spiro atoms. The van der Waals surface area contributed by atoms with Crippen molar-refractivity contribution in [2.24, 2.45) is 0 Å². The Labute approximate surface area is 125 Å². The van der Waals surface area contributed by atoms with Crippen LogP contribution in [0.25, 0.3) is 11.1 Å². The van der Waals surface area contributed by atoms with Gasteiger partial charge in [0.2, 0.25) is 0 Å². The Morgan fingerprint density at radius 2 is 1.48 bits per heavy atom. The fourth-order valence-corrected chi connectivity index (χ4v) is 2.35. The van der Waals surface area contributed by atoms with Crippen LogP contribution in [-0.4, -0.2) is 11.6 Å². The van der Waals surface area contributed by atoms with E-state index in [4.69, 9.17) is 0 Å². The summed E-state index contributed by atoms with van der Waals surface area (Å²) in [6.45, 7) is 1.53. The predicted molar refractivity (Wildman–Crippen MR) is 85.1 cm³/mol. The zero-order chi connectivity index (χ0) is 15.1. The highest BCUT2D eigenvalue weighted by Crippen LogP contribution is 2.24. The maximum absolute atomic E-state index is 11.8. The minimum absolute atomic E-state index is 0.0769. The van der Waals surface area contributed by atoms with Crippen LogP contribution in [0.5, 0.6) is 0 Å². The number of Topliss-reactive ketones (excluding diaryl/α,β-unsaturated/α-hetero) is 2. The molecule has 0 heterocycles. The summed E-state index contributed by atoms with van der Waals surface area (Å²) >= 11 is 0. The number of ketones is 2. The summed E-state index contributed by atoms with van der Waals surface area (Å²) in [5, 5.41) is 0. The van der Waals surface area contributed by atoms with Gasteiger partial charge in [0.1, 0.15) is 11.6 Å². The predicted octanol–water partition coefficient (Wildman–Crippen LogP) is 4.22. The number of aryl methyl sites for hydroxylation is 1. The number of carbonyl (C=O) groups excluding carboxylic acids is 2. The quantitative estimate of drug-likeness (QED) is 0.760. The van der Waals surface area contributed by atoms with Gasteiger partial charge in [0.05, 0.1) is 0 Å². The molecule has 21 heavy (non-hydrogen) atoms. The normalized spacial score (nSPS) is 10.3. The van der Waals surface area contributed by atoms with Crippen molar-refractivity contribution in [2.45, 2.75) is 32.6 Å². The van der Waals surface area contributed by atoms with E-state index in [0.717, 1.165) is 6.42 Å². The van der Waals surface area contributed by atoms with E-state index in [1.54, 1.807) is 0 Å². The van der Waals surface area contributed by atoms with Crippen LogP contribution in [0.1, 0.15) is 31.7 Å². The fourth-order valence-electron chi connectivity index (χ4n) is 2.35. The average Bonchev–Trinajstić information content (AvgIpc) is 2.52. The molecule has 0 N–H and O–H groups in total. The maximum Gasteiger partial charge on any atom is 0.133 e. The molecule has 2 heteroatoms. The smallest absolute Gasteiger partial charge is 0.133 e. The Morgan fingerprint density at radius 1 is 0.810 bits per heavy atom. The van der Waals surface area contributed by atoms with E-state index < -0.39 is 0 Å². The fraction of sp³-hybridized carbons (Fsp3) is 0.263. The third-order valence-electron chi connectivity index (χ3n) is 3.53. The molecule has 2 aromatic carbocycles. The van der Waals surface area contributed by atoms with Crippen molar-refractivity contribution in [1.29, 1.82) is 0 Å². The number of benzene rings is 2. The van der Waals surface area contributed by atoms with Crippen molar-refractivity contribution in [2.75, 3.05) is 0 Å². The zero-order valence-electron chi connectivity index (χ0n) is 12.3. The van der Waals surface area contributed by atoms with E-state index >= 15 is 0 Å². The summed E-state index contributed by atoms with van der Waals surface area (Å²) < 4.78 is 0. The van der Waals surface area contributed by atoms with Crippen molar-refractivity contribution < 1.29 is 9.59 Å². The van der Waals surface area contributed by atoms with Gasteiger partial charge in [0.25, 0.3) is 0 Å². The van der Waals surface area contributed by atoms with Crippen molar-refractivity contribution >= 4 is 11.6 Å². The van der Waals surface area contributed by atoms with Gasteiger partial charge in [0.15, 0.2) is 0 Å². The van der Waals surface area contributed by atoms with Crippen LogP contribution in [0.4, 0.5) is 0 Å². The summed E-state index contributed by atoms with van der Waals surface area (Å²) in [6, 6.07) is 18.4. The second-order valence-corrected chi connectivity index (χ2v) is 5.26. The highest BCUT2D eigenvalue weighted by molar-refractivity contribution is 5.85. The molecule has 0 aliphatic carbocycles. The van der Waals surface area contributed by atoms with Gasteiger partial charge in [-0.05, 0) is 30.0 Å². The van der Waals surface area contributed by atoms with Crippen LogP contribution in [0.3, 0.4) is 0 Å². The monoisotopic (exact) mass is 280 g/mol. The first-order chi connectivity index (χ1) is 10.2. The van der Waals surface area contributed by atoms with Gasteiger partial charge in [-0.2, -0.15) is 0 Å². The molecule has 0 fully saturated rings. The second-order valence-electron chi connectivity index (χ2n) is 5.26. The molecule has 0 atom stereocenters. The van der Waals surface area contributed by atoms with Gasteiger partial charge in [-0.15, -0.1) is 0 Å². The van der Waals surface area contributed by atoms with Crippen molar-refractivity contribution in [1.82, 2.24) is 0 Å². The lowest BCUT2D eigenvalue weighted by molar-refractivity contribution is -0.123. The molecule has 2 aromatic rings. The molecular formula is C19H20O2. The Hall–Kier alpha value is -2.22. The molecule has 0 bridgehead atoms. The van der Waals surface area contributed by atoms with Crippen LogP contribution in [0.2, 0.25) is 0 Å². The van der Waals surface area contributed by atoms with Crippen LogP contribution in [0, 0.1) is 0 Å². The van der Waals surface area contributed by atoms with Gasteiger partial charge in [-0.1, -0.05) is 54.6 Å². The minimum Gasteiger partial charge on any atom is -0.300 e. The standard InChI is InChI=1S/C19H20O2/c1-15(20)11-13-18(21)14-12-17-9-5-6-10-19(17)16-7-3-2-4-8-16/h2-10H,11-14H2,1H3. The maximum atomic E-state index is 11.8.